The molecule has 0 saturated heterocycles. The number of carbonyl (C=O) groups excluding carboxylic acids is 2. The van der Waals surface area contributed by atoms with Gasteiger partial charge in [0.25, 0.3) is 0 Å². The highest BCUT2D eigenvalue weighted by Gasteiger charge is 2.27. The molecule has 0 saturated carbocycles. The van der Waals surface area contributed by atoms with Gasteiger partial charge in [-0.25, -0.2) is 4.57 Å². The lowest BCUT2D eigenvalue weighted by molar-refractivity contribution is -0.870. The zero-order valence-electron chi connectivity index (χ0n) is 34.7. The molecular formula is C44H75NO9P+. The van der Waals surface area contributed by atoms with Gasteiger partial charge in [-0.05, 0) is 77.0 Å². The van der Waals surface area contributed by atoms with Crippen molar-refractivity contribution in [2.45, 2.75) is 135 Å². The van der Waals surface area contributed by atoms with Crippen LogP contribution in [-0.4, -0.2) is 86.1 Å². The average molecular weight is 793 g/mol. The Kier molecular flexibility index (Phi) is 33.7. The number of phosphoric acid groups is 1. The summed E-state index contributed by atoms with van der Waals surface area (Å²) in [6.07, 6.45) is 41.1. The topological polar surface area (TPSA) is 129 Å². The van der Waals surface area contributed by atoms with Gasteiger partial charge in [0.1, 0.15) is 19.8 Å². The number of ether oxygens (including phenoxy) is 2. The molecule has 0 amide bonds. The van der Waals surface area contributed by atoms with Crippen LogP contribution in [0, 0.1) is 0 Å². The first-order valence-electron chi connectivity index (χ1n) is 20.4. The second kappa shape index (κ2) is 35.6. The number of phosphoric ester groups is 1. The van der Waals surface area contributed by atoms with Gasteiger partial charge >= 0.3 is 19.8 Å². The summed E-state index contributed by atoms with van der Waals surface area (Å²) < 4.78 is 34.1. The predicted octanol–water partition coefficient (Wildman–Crippen LogP) is 10.2. The molecule has 0 aromatic heterocycles. The molecule has 0 aliphatic carbocycles. The normalized spacial score (nSPS) is 15.1. The largest absolute Gasteiger partial charge is 0.472 e. The number of unbranched alkanes of at least 4 members (excludes halogenated alkanes) is 7. The fraction of sp³-hybridized carbons (Fsp3) is 0.636. The highest BCUT2D eigenvalue weighted by atomic mass is 31.2. The zero-order chi connectivity index (χ0) is 40.9. The summed E-state index contributed by atoms with van der Waals surface area (Å²) in [4.78, 5) is 35.3. The number of aliphatic hydroxyl groups is 1. The van der Waals surface area contributed by atoms with Gasteiger partial charge in [-0.15, -0.1) is 0 Å². The summed E-state index contributed by atoms with van der Waals surface area (Å²) in [5.74, 6) is -0.913. The third kappa shape index (κ3) is 39.2. The van der Waals surface area contributed by atoms with Crippen LogP contribution in [0.5, 0.6) is 0 Å². The molecule has 2 N–H and O–H groups in total. The molecule has 0 bridgehead atoms. The summed E-state index contributed by atoms with van der Waals surface area (Å²) >= 11 is 0. The van der Waals surface area contributed by atoms with Crippen LogP contribution in [0.4, 0.5) is 0 Å². The van der Waals surface area contributed by atoms with E-state index in [1.807, 2.05) is 45.4 Å². The highest BCUT2D eigenvalue weighted by molar-refractivity contribution is 7.47. The van der Waals surface area contributed by atoms with Crippen molar-refractivity contribution in [3.63, 3.8) is 0 Å². The molecule has 314 valence electrons. The van der Waals surface area contributed by atoms with E-state index in [1.54, 1.807) is 6.08 Å². The molecule has 0 aliphatic heterocycles. The Balaban J connectivity index is 4.56. The van der Waals surface area contributed by atoms with Crippen LogP contribution in [0.1, 0.15) is 123 Å². The highest BCUT2D eigenvalue weighted by Crippen LogP contribution is 2.43. The number of allylic oxidation sites excluding steroid dienone is 12. The van der Waals surface area contributed by atoms with Gasteiger partial charge in [-0.3, -0.25) is 18.6 Å². The summed E-state index contributed by atoms with van der Waals surface area (Å²) in [6, 6.07) is 0. The first-order chi connectivity index (χ1) is 26.4. The predicted molar refractivity (Wildman–Crippen MR) is 225 cm³/mol. The van der Waals surface area contributed by atoms with Crippen molar-refractivity contribution in [1.29, 1.82) is 0 Å². The van der Waals surface area contributed by atoms with Crippen LogP contribution in [0.2, 0.25) is 0 Å². The number of hydrogen-bond acceptors (Lipinski definition) is 8. The number of nitrogens with zero attached hydrogens (tertiary/aromatic N) is 1. The molecule has 0 aromatic carbocycles. The second-order valence-corrected chi connectivity index (χ2v) is 15.9. The minimum Gasteiger partial charge on any atom is -0.462 e. The van der Waals surface area contributed by atoms with Crippen molar-refractivity contribution < 1.29 is 47.2 Å². The van der Waals surface area contributed by atoms with Crippen LogP contribution in [0.3, 0.4) is 0 Å². The average Bonchev–Trinajstić information content (AvgIpc) is 3.12. The van der Waals surface area contributed by atoms with E-state index in [-0.39, 0.29) is 26.1 Å². The van der Waals surface area contributed by atoms with E-state index >= 15 is 0 Å². The molecule has 0 heterocycles. The van der Waals surface area contributed by atoms with E-state index < -0.39 is 38.6 Å². The van der Waals surface area contributed by atoms with Crippen molar-refractivity contribution >= 4 is 19.8 Å². The molecule has 0 rings (SSSR count). The molecule has 3 atom stereocenters. The lowest BCUT2D eigenvalue weighted by atomic mass is 10.1. The summed E-state index contributed by atoms with van der Waals surface area (Å²) in [6.45, 7) is 3.97. The van der Waals surface area contributed by atoms with Crippen LogP contribution >= 0.6 is 7.82 Å². The van der Waals surface area contributed by atoms with Crippen molar-refractivity contribution in [2.24, 2.45) is 0 Å². The Morgan fingerprint density at radius 2 is 1.20 bits per heavy atom. The van der Waals surface area contributed by atoms with Crippen molar-refractivity contribution in [3.8, 4) is 0 Å². The molecule has 0 aromatic rings. The van der Waals surface area contributed by atoms with Crippen LogP contribution in [-0.2, 0) is 32.7 Å². The van der Waals surface area contributed by atoms with Crippen LogP contribution < -0.4 is 0 Å². The van der Waals surface area contributed by atoms with Gasteiger partial charge in [0.15, 0.2) is 6.10 Å². The van der Waals surface area contributed by atoms with Crippen LogP contribution in [0.25, 0.3) is 0 Å². The number of quaternary nitrogens is 1. The SMILES string of the molecule is CC/C=C\C/C=C\C/C=C\C/C=C\CCCCC(=O)O[C@H](COC(=O)CCCCCCC/C=C/C=C/C(O)C/C=C/CC)COP(=O)(O)OCC[N+](C)(C)C. The number of likely N-dealkylation sites (N-methyl/N-ethyl adjacent to an activating group) is 1. The first-order valence-corrected chi connectivity index (χ1v) is 21.9. The Hall–Kier alpha value is -2.85. The molecule has 0 spiro atoms. The summed E-state index contributed by atoms with van der Waals surface area (Å²) in [5, 5.41) is 9.87. The van der Waals surface area contributed by atoms with Crippen molar-refractivity contribution in [1.82, 2.24) is 0 Å². The minimum absolute atomic E-state index is 0.00642. The standard InChI is InChI=1S/C44H74NO9P/c1-6-8-10-11-12-13-14-15-16-17-18-21-25-28-32-36-44(48)54-42(40-53-55(49,50)52-38-37-45(3,4)5)39-51-43(47)35-31-27-24-22-19-20-23-26-30-34-41(46)33-29-9-7-2/h8-10,12-13,15-16,18,21,23,26,29-30,34,41-42,46H,6-7,11,14,17,19-20,22,24-25,27-28,31-33,35-40H2,1-5H3/p+1/b10-8-,13-12-,16-15-,21-18-,26-23+,29-9+,34-30+/t41?,42-/m1/s1. The maximum atomic E-state index is 12.6. The molecule has 0 radical (unpaired) electrons. The summed E-state index contributed by atoms with van der Waals surface area (Å²) in [7, 11) is 1.39. The number of hydrogen-bond donors (Lipinski definition) is 2. The molecule has 55 heavy (non-hydrogen) atoms. The zero-order valence-corrected chi connectivity index (χ0v) is 35.6. The number of esters is 2. The van der Waals surface area contributed by atoms with E-state index in [0.717, 1.165) is 77.0 Å². The van der Waals surface area contributed by atoms with Gasteiger partial charge in [0.2, 0.25) is 0 Å². The van der Waals surface area contributed by atoms with Gasteiger partial charge in [-0.2, -0.15) is 0 Å². The molecule has 0 aliphatic rings. The van der Waals surface area contributed by atoms with E-state index in [4.69, 9.17) is 18.5 Å². The monoisotopic (exact) mass is 793 g/mol. The molecule has 10 nitrogen and oxygen atoms in total. The Morgan fingerprint density at radius 3 is 1.87 bits per heavy atom. The van der Waals surface area contributed by atoms with Gasteiger partial charge in [-0.1, -0.05) is 118 Å². The van der Waals surface area contributed by atoms with Gasteiger partial charge in [0.05, 0.1) is 33.9 Å². The molecule has 0 fully saturated rings. The fourth-order valence-electron chi connectivity index (χ4n) is 4.80. The van der Waals surface area contributed by atoms with E-state index in [0.29, 0.717) is 30.3 Å². The van der Waals surface area contributed by atoms with E-state index in [2.05, 4.69) is 68.5 Å². The lowest BCUT2D eigenvalue weighted by Gasteiger charge is -2.24. The van der Waals surface area contributed by atoms with Gasteiger partial charge < -0.3 is 24.0 Å². The Bertz CT molecular complexity index is 1230. The quantitative estimate of drug-likeness (QED) is 0.0161. The number of carbonyl (C=O) groups is 2. The third-order valence-corrected chi connectivity index (χ3v) is 8.99. The second-order valence-electron chi connectivity index (χ2n) is 14.5. The van der Waals surface area contributed by atoms with Crippen molar-refractivity contribution in [2.75, 3.05) is 47.5 Å². The molecule has 2 unspecified atom stereocenters. The number of aliphatic hydroxyl groups excluding tert-OH is 1. The maximum Gasteiger partial charge on any atom is 0.472 e. The Morgan fingerprint density at radius 1 is 0.655 bits per heavy atom. The minimum atomic E-state index is -4.41. The van der Waals surface area contributed by atoms with Gasteiger partial charge in [0, 0.05) is 12.8 Å². The van der Waals surface area contributed by atoms with Crippen LogP contribution in [0.15, 0.2) is 85.1 Å². The first kappa shape index (κ1) is 52.2. The van der Waals surface area contributed by atoms with E-state index in [9.17, 15) is 24.2 Å². The molecular weight excluding hydrogens is 717 g/mol. The van der Waals surface area contributed by atoms with Crippen molar-refractivity contribution in [3.05, 3.63) is 85.1 Å². The maximum absolute atomic E-state index is 12.6. The Labute approximate surface area is 333 Å². The smallest absolute Gasteiger partial charge is 0.462 e. The lowest BCUT2D eigenvalue weighted by Crippen LogP contribution is -2.37. The molecule has 11 heteroatoms. The van der Waals surface area contributed by atoms with E-state index in [1.165, 1.54) is 0 Å². The summed E-state index contributed by atoms with van der Waals surface area (Å²) in [5.41, 5.74) is 0. The third-order valence-electron chi connectivity index (χ3n) is 8.00. The number of rotatable bonds is 35. The fourth-order valence-corrected chi connectivity index (χ4v) is 5.54.